The highest BCUT2D eigenvalue weighted by Crippen LogP contribution is 2.32. The fraction of sp³-hybridized carbons (Fsp3) is 0.381. The summed E-state index contributed by atoms with van der Waals surface area (Å²) in [5.74, 6) is -0.484. The molecule has 2 atom stereocenters. The first-order valence-corrected chi connectivity index (χ1v) is 12.0. The zero-order valence-corrected chi connectivity index (χ0v) is 18.6. The van der Waals surface area contributed by atoms with E-state index in [1.54, 1.807) is 10.7 Å². The third kappa shape index (κ3) is 4.13. The number of aromatic nitrogens is 3. The first kappa shape index (κ1) is 21.3. The van der Waals surface area contributed by atoms with E-state index in [0.29, 0.717) is 24.3 Å². The molecule has 0 bridgehead atoms. The first-order valence-electron chi connectivity index (χ1n) is 10.1. The number of nitrogens with two attached hydrogens (primary N) is 1. The maximum Gasteiger partial charge on any atom is 0.252 e. The Hall–Kier alpha value is -2.98. The Kier molecular flexibility index (Phi) is 5.44. The Balaban J connectivity index is 1.77. The molecule has 4 rings (SSSR count). The van der Waals surface area contributed by atoms with E-state index in [9.17, 15) is 13.2 Å². The molecule has 1 aliphatic rings. The molecule has 3 aromatic rings. The summed E-state index contributed by atoms with van der Waals surface area (Å²) in [6.45, 7) is 4.73. The van der Waals surface area contributed by atoms with Gasteiger partial charge in [0.15, 0.2) is 0 Å². The molecule has 1 fully saturated rings. The molecular weight excluding hydrogens is 416 g/mol. The van der Waals surface area contributed by atoms with Crippen LogP contribution in [0, 0.1) is 12.8 Å². The van der Waals surface area contributed by atoms with Gasteiger partial charge >= 0.3 is 0 Å². The van der Waals surface area contributed by atoms with Crippen molar-refractivity contribution in [2.75, 3.05) is 24.7 Å². The number of primary amides is 1. The molecule has 31 heavy (non-hydrogen) atoms. The number of fused-ring (bicyclic) bond motifs is 1. The van der Waals surface area contributed by atoms with E-state index in [0.717, 1.165) is 23.2 Å². The van der Waals surface area contributed by atoms with E-state index < -0.39 is 15.9 Å². The Morgan fingerprint density at radius 3 is 2.65 bits per heavy atom. The molecule has 0 aromatic carbocycles. The van der Waals surface area contributed by atoms with Gasteiger partial charge in [-0.3, -0.25) is 9.78 Å². The lowest BCUT2D eigenvalue weighted by Crippen LogP contribution is -2.32. The van der Waals surface area contributed by atoms with Gasteiger partial charge in [-0.15, -0.1) is 0 Å². The highest BCUT2D eigenvalue weighted by Gasteiger charge is 2.36. The topological polar surface area (TPSA) is 123 Å². The maximum absolute atomic E-state index is 12.1. The number of nitrogens with one attached hydrogen (secondary N) is 1. The van der Waals surface area contributed by atoms with E-state index in [4.69, 9.17) is 5.73 Å². The zero-order chi connectivity index (χ0) is 22.3. The average Bonchev–Trinajstić information content (AvgIpc) is 3.32. The average molecular weight is 443 g/mol. The highest BCUT2D eigenvalue weighted by atomic mass is 32.2. The van der Waals surface area contributed by atoms with Crippen molar-refractivity contribution in [1.29, 1.82) is 0 Å². The number of carbonyl (C=O) groups is 1. The summed E-state index contributed by atoms with van der Waals surface area (Å²) in [4.78, 5) is 16.5. The molecule has 9 nitrogen and oxygen atoms in total. The Morgan fingerprint density at radius 1 is 1.26 bits per heavy atom. The normalized spacial score (nSPS) is 19.7. The van der Waals surface area contributed by atoms with Crippen molar-refractivity contribution in [2.45, 2.75) is 26.3 Å². The van der Waals surface area contributed by atoms with Crippen LogP contribution in [-0.2, 0) is 10.0 Å². The quantitative estimate of drug-likeness (QED) is 0.601. The van der Waals surface area contributed by atoms with Crippen molar-refractivity contribution in [3.8, 4) is 11.1 Å². The van der Waals surface area contributed by atoms with E-state index in [1.165, 1.54) is 16.8 Å². The number of nitrogens with zero attached hydrogens (tertiary/aromatic N) is 4. The number of pyridine rings is 1. The number of anilines is 1. The second-order valence-corrected chi connectivity index (χ2v) is 10.0. The van der Waals surface area contributed by atoms with Gasteiger partial charge in [0.2, 0.25) is 10.0 Å². The molecule has 0 radical (unpaired) electrons. The van der Waals surface area contributed by atoms with Gasteiger partial charge < -0.3 is 11.1 Å². The fourth-order valence-corrected chi connectivity index (χ4v) is 4.95. The minimum Gasteiger partial charge on any atom is -0.378 e. The van der Waals surface area contributed by atoms with Crippen LogP contribution in [0.4, 0.5) is 5.69 Å². The third-order valence-corrected chi connectivity index (χ3v) is 7.11. The second-order valence-electron chi connectivity index (χ2n) is 8.04. The van der Waals surface area contributed by atoms with Gasteiger partial charge in [-0.05, 0) is 25.0 Å². The van der Waals surface area contributed by atoms with Crippen molar-refractivity contribution >= 4 is 27.1 Å². The van der Waals surface area contributed by atoms with E-state index in [1.807, 2.05) is 38.2 Å². The summed E-state index contributed by atoms with van der Waals surface area (Å²) < 4.78 is 27.3. The predicted molar refractivity (Wildman–Crippen MR) is 119 cm³/mol. The molecule has 1 saturated heterocycles. The minimum atomic E-state index is -3.30. The molecule has 164 valence electrons. The number of rotatable bonds is 6. The van der Waals surface area contributed by atoms with E-state index in [2.05, 4.69) is 15.4 Å². The van der Waals surface area contributed by atoms with Crippen molar-refractivity contribution in [1.82, 2.24) is 18.9 Å². The molecule has 3 aromatic heterocycles. The summed E-state index contributed by atoms with van der Waals surface area (Å²) in [7, 11) is -3.30. The second kappa shape index (κ2) is 7.93. The number of sulfonamides is 1. The Bertz CT molecular complexity index is 1240. The Labute approximate surface area is 181 Å². The van der Waals surface area contributed by atoms with Crippen molar-refractivity contribution in [2.24, 2.45) is 11.7 Å². The first-order chi connectivity index (χ1) is 14.7. The van der Waals surface area contributed by atoms with Crippen molar-refractivity contribution in [3.05, 3.63) is 48.0 Å². The van der Waals surface area contributed by atoms with Gasteiger partial charge in [-0.1, -0.05) is 19.4 Å². The van der Waals surface area contributed by atoms with Gasteiger partial charge in [0.25, 0.3) is 5.91 Å². The smallest absolute Gasteiger partial charge is 0.252 e. The fourth-order valence-electron chi connectivity index (χ4n) is 4.06. The van der Waals surface area contributed by atoms with Gasteiger partial charge in [0, 0.05) is 48.3 Å². The zero-order valence-electron chi connectivity index (χ0n) is 17.7. The van der Waals surface area contributed by atoms with Crippen LogP contribution in [0.3, 0.4) is 0 Å². The van der Waals surface area contributed by atoms with Gasteiger partial charge in [-0.2, -0.15) is 9.40 Å². The molecule has 1 aliphatic heterocycles. The molecule has 0 aliphatic carbocycles. The van der Waals surface area contributed by atoms with Crippen LogP contribution in [0.1, 0.15) is 29.4 Å². The predicted octanol–water partition coefficient (Wildman–Crippen LogP) is 1.89. The SMILES string of the molecule is CC[C@H]1CN(S(C)(=O)=O)C[C@H]1Nc1c(C(N)=O)cnn2cc(-c3ccc(C)nc3)cc12. The van der Waals surface area contributed by atoms with Crippen LogP contribution in [0.2, 0.25) is 0 Å². The van der Waals surface area contributed by atoms with Crippen LogP contribution in [0.25, 0.3) is 16.6 Å². The van der Waals surface area contributed by atoms with E-state index in [-0.39, 0.29) is 17.5 Å². The number of hydrogen-bond donors (Lipinski definition) is 2. The summed E-state index contributed by atoms with van der Waals surface area (Å²) in [6.07, 6.45) is 7.13. The molecule has 0 spiro atoms. The molecule has 10 heteroatoms. The Morgan fingerprint density at radius 2 is 2.03 bits per heavy atom. The van der Waals surface area contributed by atoms with Crippen LogP contribution < -0.4 is 11.1 Å². The number of amides is 1. The van der Waals surface area contributed by atoms with Gasteiger partial charge in [0.05, 0.1) is 29.2 Å². The lowest BCUT2D eigenvalue weighted by atomic mass is 10.00. The van der Waals surface area contributed by atoms with Gasteiger partial charge in [-0.25, -0.2) is 12.9 Å². The summed E-state index contributed by atoms with van der Waals surface area (Å²) in [6, 6.07) is 5.69. The lowest BCUT2D eigenvalue weighted by molar-refractivity contribution is 0.100. The minimum absolute atomic E-state index is 0.111. The molecule has 3 N–H and O–H groups in total. The number of hydrogen-bond acceptors (Lipinski definition) is 6. The summed E-state index contributed by atoms with van der Waals surface area (Å²) >= 11 is 0. The monoisotopic (exact) mass is 442 g/mol. The van der Waals surface area contributed by atoms with Crippen LogP contribution in [0.15, 0.2) is 36.8 Å². The molecule has 1 amide bonds. The van der Waals surface area contributed by atoms with Crippen molar-refractivity contribution < 1.29 is 13.2 Å². The molecule has 4 heterocycles. The van der Waals surface area contributed by atoms with Crippen LogP contribution >= 0.6 is 0 Å². The molecule has 0 unspecified atom stereocenters. The molecular formula is C21H26N6O3S. The van der Waals surface area contributed by atoms with Gasteiger partial charge in [0.1, 0.15) is 0 Å². The largest absolute Gasteiger partial charge is 0.378 e. The maximum atomic E-state index is 12.1. The number of carbonyl (C=O) groups excluding carboxylic acids is 1. The standard InChI is InChI=1S/C21H26N6O3S/c1-4-14-10-26(31(3,29)30)12-18(14)25-20-17(21(22)28)9-24-27-11-16(7-19(20)27)15-6-5-13(2)23-8-15/h5-9,11,14,18,25H,4,10,12H2,1-3H3,(H2,22,28)/t14-,18+/m0/s1. The third-order valence-electron chi connectivity index (χ3n) is 5.88. The summed E-state index contributed by atoms with van der Waals surface area (Å²) in [5, 5.41) is 7.77. The lowest BCUT2D eigenvalue weighted by Gasteiger charge is -2.21. The molecule has 0 saturated carbocycles. The summed E-state index contributed by atoms with van der Waals surface area (Å²) in [5.41, 5.74) is 9.92. The highest BCUT2D eigenvalue weighted by molar-refractivity contribution is 7.88. The van der Waals surface area contributed by atoms with Crippen LogP contribution in [0.5, 0.6) is 0 Å². The van der Waals surface area contributed by atoms with Crippen LogP contribution in [-0.4, -0.2) is 58.6 Å². The number of aryl methyl sites for hydroxylation is 1. The van der Waals surface area contributed by atoms with Crippen molar-refractivity contribution in [3.63, 3.8) is 0 Å². The van der Waals surface area contributed by atoms with E-state index >= 15 is 0 Å².